The normalized spacial score (nSPS) is 26.2. The van der Waals surface area contributed by atoms with Crippen LogP contribution < -0.4 is 10.6 Å². The molecule has 3 atom stereocenters. The molecule has 5 nitrogen and oxygen atoms in total. The molecule has 2 aliphatic rings. The summed E-state index contributed by atoms with van der Waals surface area (Å²) < 4.78 is 13.7. The Balaban J connectivity index is 1.54. The zero-order valence-corrected chi connectivity index (χ0v) is 14.3. The average Bonchev–Trinajstić information content (AvgIpc) is 2.93. The maximum atomic E-state index is 13.7. The van der Waals surface area contributed by atoms with E-state index in [0.29, 0.717) is 23.3 Å². The summed E-state index contributed by atoms with van der Waals surface area (Å²) in [6.45, 7) is 0.920. The van der Waals surface area contributed by atoms with Gasteiger partial charge in [-0.3, -0.25) is 14.5 Å². The van der Waals surface area contributed by atoms with Crippen LogP contribution in [0.3, 0.4) is 0 Å². The molecule has 0 radical (unpaired) electrons. The van der Waals surface area contributed by atoms with Gasteiger partial charge in [0.1, 0.15) is 5.82 Å². The molecule has 1 saturated carbocycles. The van der Waals surface area contributed by atoms with Gasteiger partial charge in [0.2, 0.25) is 11.8 Å². The number of fused-ring (bicyclic) bond motifs is 1. The second-order valence-corrected chi connectivity index (χ2v) is 7.18. The van der Waals surface area contributed by atoms with Crippen LogP contribution in [0.2, 0.25) is 5.02 Å². The lowest BCUT2D eigenvalue weighted by Gasteiger charge is -2.24. The molecule has 24 heavy (non-hydrogen) atoms. The van der Waals surface area contributed by atoms with Crippen molar-refractivity contribution in [2.75, 3.05) is 25.5 Å². The van der Waals surface area contributed by atoms with Crippen molar-refractivity contribution in [3.05, 3.63) is 29.0 Å². The zero-order chi connectivity index (χ0) is 17.3. The van der Waals surface area contributed by atoms with Gasteiger partial charge in [-0.25, -0.2) is 4.39 Å². The Morgan fingerprint density at radius 3 is 2.92 bits per heavy atom. The predicted molar refractivity (Wildman–Crippen MR) is 90.3 cm³/mol. The summed E-state index contributed by atoms with van der Waals surface area (Å²) in [7, 11) is 1.90. The molecule has 1 aliphatic heterocycles. The number of halogens is 2. The number of carbonyl (C=O) groups excluding carboxylic acids is 2. The van der Waals surface area contributed by atoms with E-state index in [0.717, 1.165) is 19.4 Å². The number of hydrogen-bond donors (Lipinski definition) is 2. The highest BCUT2D eigenvalue weighted by Gasteiger charge is 2.39. The van der Waals surface area contributed by atoms with E-state index in [1.807, 2.05) is 11.9 Å². The molecule has 0 bridgehead atoms. The first-order valence-corrected chi connectivity index (χ1v) is 8.52. The van der Waals surface area contributed by atoms with Gasteiger partial charge < -0.3 is 10.6 Å². The van der Waals surface area contributed by atoms with Crippen LogP contribution in [0.4, 0.5) is 10.1 Å². The molecule has 0 spiro atoms. The second kappa shape index (κ2) is 7.07. The number of carbonyl (C=O) groups is 2. The fourth-order valence-electron chi connectivity index (χ4n) is 3.73. The lowest BCUT2D eigenvalue weighted by Crippen LogP contribution is -2.38. The lowest BCUT2D eigenvalue weighted by molar-refractivity contribution is -0.124. The van der Waals surface area contributed by atoms with Crippen molar-refractivity contribution in [3.63, 3.8) is 0 Å². The molecule has 130 valence electrons. The van der Waals surface area contributed by atoms with Gasteiger partial charge in [0.25, 0.3) is 0 Å². The Bertz CT molecular complexity index is 655. The smallest absolute Gasteiger partial charge is 0.238 e. The van der Waals surface area contributed by atoms with E-state index in [1.165, 1.54) is 18.2 Å². The van der Waals surface area contributed by atoms with Crippen LogP contribution in [0.25, 0.3) is 0 Å². The summed E-state index contributed by atoms with van der Waals surface area (Å²) in [5.41, 5.74) is 0.132. The van der Waals surface area contributed by atoms with Gasteiger partial charge in [-0.05, 0) is 49.9 Å². The highest BCUT2D eigenvalue weighted by atomic mass is 35.5. The van der Waals surface area contributed by atoms with Crippen molar-refractivity contribution < 1.29 is 14.0 Å². The van der Waals surface area contributed by atoms with Crippen LogP contribution in [0.15, 0.2) is 18.2 Å². The van der Waals surface area contributed by atoms with Gasteiger partial charge in [0, 0.05) is 24.0 Å². The highest BCUT2D eigenvalue weighted by Crippen LogP contribution is 2.38. The van der Waals surface area contributed by atoms with E-state index < -0.39 is 5.82 Å². The molecule has 2 N–H and O–H groups in total. The summed E-state index contributed by atoms with van der Waals surface area (Å²) in [5.74, 6) is 0.211. The predicted octanol–water partition coefficient (Wildman–Crippen LogP) is 2.26. The average molecular weight is 354 g/mol. The number of amides is 2. The molecular weight excluding hydrogens is 333 g/mol. The number of rotatable bonds is 4. The van der Waals surface area contributed by atoms with Crippen molar-refractivity contribution in [1.82, 2.24) is 10.2 Å². The van der Waals surface area contributed by atoms with Gasteiger partial charge in [0.05, 0.1) is 12.2 Å². The highest BCUT2D eigenvalue weighted by molar-refractivity contribution is 6.30. The van der Waals surface area contributed by atoms with Gasteiger partial charge in [-0.15, -0.1) is 0 Å². The van der Waals surface area contributed by atoms with Crippen LogP contribution in [0.5, 0.6) is 0 Å². The van der Waals surface area contributed by atoms with Gasteiger partial charge >= 0.3 is 0 Å². The van der Waals surface area contributed by atoms with Crippen LogP contribution in [-0.4, -0.2) is 42.9 Å². The van der Waals surface area contributed by atoms with Crippen molar-refractivity contribution in [3.8, 4) is 0 Å². The molecule has 3 rings (SSSR count). The molecular formula is C17H21ClFN3O2. The standard InChI is InChI=1S/C17H21ClFN3O2/c1-22(13-4-10-6-16(23)20-8-11(10)5-13)9-17(24)21-15-3-2-12(18)7-14(15)19/h2-3,7,10-11,13H,4-6,8-9H2,1H3,(H,20,23)(H,21,24)/t10-,11+,13-/m1/s1. The molecule has 1 aromatic carbocycles. The summed E-state index contributed by atoms with van der Waals surface area (Å²) in [6, 6.07) is 4.44. The maximum absolute atomic E-state index is 13.7. The quantitative estimate of drug-likeness (QED) is 0.873. The summed E-state index contributed by atoms with van der Waals surface area (Å²) >= 11 is 5.70. The van der Waals surface area contributed by atoms with Crippen LogP contribution in [0, 0.1) is 17.7 Å². The van der Waals surface area contributed by atoms with E-state index in [9.17, 15) is 14.0 Å². The molecule has 1 saturated heterocycles. The van der Waals surface area contributed by atoms with Crippen LogP contribution in [-0.2, 0) is 9.59 Å². The molecule has 1 heterocycles. The summed E-state index contributed by atoms with van der Waals surface area (Å²) in [5, 5.41) is 5.78. The number of likely N-dealkylation sites (N-methyl/N-ethyl adjacent to an activating group) is 1. The van der Waals surface area contributed by atoms with E-state index >= 15 is 0 Å². The van der Waals surface area contributed by atoms with E-state index in [-0.39, 0.29) is 30.1 Å². The summed E-state index contributed by atoms with van der Waals surface area (Å²) in [4.78, 5) is 25.6. The van der Waals surface area contributed by atoms with Crippen molar-refractivity contribution >= 4 is 29.1 Å². The molecule has 0 aromatic heterocycles. The number of piperidine rings is 1. The summed E-state index contributed by atoms with van der Waals surface area (Å²) in [6.07, 6.45) is 2.48. The molecule has 0 unspecified atom stereocenters. The van der Waals surface area contributed by atoms with E-state index in [2.05, 4.69) is 10.6 Å². The van der Waals surface area contributed by atoms with Crippen LogP contribution >= 0.6 is 11.6 Å². The monoisotopic (exact) mass is 353 g/mol. The Labute approximate surface area is 145 Å². The van der Waals surface area contributed by atoms with Gasteiger partial charge in [-0.2, -0.15) is 0 Å². The maximum Gasteiger partial charge on any atom is 0.238 e. The minimum Gasteiger partial charge on any atom is -0.356 e. The minimum absolute atomic E-state index is 0.121. The second-order valence-electron chi connectivity index (χ2n) is 6.74. The Hall–Kier alpha value is -1.66. The SMILES string of the molecule is CN(CC(=O)Nc1ccc(Cl)cc1F)[C@H]1C[C@H]2CNC(=O)C[C@H]2C1. The van der Waals surface area contributed by atoms with Gasteiger partial charge in [-0.1, -0.05) is 11.6 Å². The third-order valence-electron chi connectivity index (χ3n) is 5.05. The Morgan fingerprint density at radius 2 is 2.17 bits per heavy atom. The largest absolute Gasteiger partial charge is 0.356 e. The van der Waals surface area contributed by atoms with Gasteiger partial charge in [0.15, 0.2) is 0 Å². The molecule has 1 aromatic rings. The first-order valence-electron chi connectivity index (χ1n) is 8.14. The molecule has 2 amide bonds. The molecule has 1 aliphatic carbocycles. The third-order valence-corrected chi connectivity index (χ3v) is 5.28. The zero-order valence-electron chi connectivity index (χ0n) is 13.5. The number of nitrogens with zero attached hydrogens (tertiary/aromatic N) is 1. The van der Waals surface area contributed by atoms with Crippen LogP contribution in [0.1, 0.15) is 19.3 Å². The fourth-order valence-corrected chi connectivity index (χ4v) is 3.89. The first kappa shape index (κ1) is 17.2. The van der Waals surface area contributed by atoms with E-state index in [4.69, 9.17) is 11.6 Å². The lowest BCUT2D eigenvalue weighted by atomic mass is 9.89. The minimum atomic E-state index is -0.546. The number of nitrogens with one attached hydrogen (secondary N) is 2. The molecule has 7 heteroatoms. The van der Waals surface area contributed by atoms with Crippen molar-refractivity contribution in [2.24, 2.45) is 11.8 Å². The third kappa shape index (κ3) is 3.87. The number of hydrogen-bond acceptors (Lipinski definition) is 3. The fraction of sp³-hybridized carbons (Fsp3) is 0.529. The number of benzene rings is 1. The Kier molecular flexibility index (Phi) is 5.06. The van der Waals surface area contributed by atoms with Crippen molar-refractivity contribution in [1.29, 1.82) is 0 Å². The molecule has 2 fully saturated rings. The topological polar surface area (TPSA) is 61.4 Å². The number of anilines is 1. The van der Waals surface area contributed by atoms with E-state index in [1.54, 1.807) is 0 Å². The first-order chi connectivity index (χ1) is 11.4. The van der Waals surface area contributed by atoms with Crippen molar-refractivity contribution in [2.45, 2.75) is 25.3 Å². The Morgan fingerprint density at radius 1 is 1.42 bits per heavy atom.